The largest absolute Gasteiger partial charge is 0.486 e. The van der Waals surface area contributed by atoms with Crippen molar-refractivity contribution in [1.29, 1.82) is 0 Å². The molecule has 158 valence electrons. The summed E-state index contributed by atoms with van der Waals surface area (Å²) in [6.07, 6.45) is 0. The maximum Gasteiger partial charge on any atom is 0.236 e. The Bertz CT molecular complexity index is 1130. The molecular weight excluding hydrogens is 430 g/mol. The quantitative estimate of drug-likeness (QED) is 0.371. The lowest BCUT2D eigenvalue weighted by molar-refractivity contribution is -0.113. The molecule has 0 fully saturated rings. The maximum absolute atomic E-state index is 12.4. The molecule has 0 saturated heterocycles. The molecule has 7 nitrogen and oxygen atoms in total. The molecule has 0 aliphatic carbocycles. The molecule has 31 heavy (non-hydrogen) atoms. The van der Waals surface area contributed by atoms with Crippen LogP contribution in [-0.4, -0.2) is 31.4 Å². The molecule has 0 radical (unpaired) electrons. The third-order valence-electron chi connectivity index (χ3n) is 4.37. The van der Waals surface area contributed by atoms with Gasteiger partial charge in [0.1, 0.15) is 12.4 Å². The third-order valence-corrected chi connectivity index (χ3v) is 6.10. The fraction of sp³-hybridized carbons (Fsp3) is 0.182. The van der Waals surface area contributed by atoms with Gasteiger partial charge in [-0.2, -0.15) is 0 Å². The van der Waals surface area contributed by atoms with Crippen LogP contribution in [0.5, 0.6) is 5.75 Å². The molecule has 2 aromatic heterocycles. The number of carbonyl (C=O) groups is 1. The van der Waals surface area contributed by atoms with Gasteiger partial charge in [-0.25, -0.2) is 4.98 Å². The lowest BCUT2D eigenvalue weighted by Gasteiger charge is -2.08. The molecule has 0 atom stereocenters. The van der Waals surface area contributed by atoms with Crippen molar-refractivity contribution in [2.75, 3.05) is 11.1 Å². The number of nitrogens with zero attached hydrogens (tertiary/aromatic N) is 4. The smallest absolute Gasteiger partial charge is 0.236 e. The van der Waals surface area contributed by atoms with Crippen molar-refractivity contribution in [2.45, 2.75) is 25.2 Å². The number of anilines is 1. The lowest BCUT2D eigenvalue weighted by Crippen LogP contribution is -2.14. The van der Waals surface area contributed by atoms with Crippen molar-refractivity contribution in [2.24, 2.45) is 0 Å². The van der Waals surface area contributed by atoms with Gasteiger partial charge in [-0.15, -0.1) is 21.5 Å². The highest BCUT2D eigenvalue weighted by Crippen LogP contribution is 2.25. The Labute approximate surface area is 188 Å². The van der Waals surface area contributed by atoms with E-state index in [9.17, 15) is 4.79 Å². The average Bonchev–Trinajstić information content (AvgIpc) is 3.44. The van der Waals surface area contributed by atoms with Gasteiger partial charge in [-0.05, 0) is 19.1 Å². The van der Waals surface area contributed by atoms with Crippen molar-refractivity contribution in [3.63, 3.8) is 0 Å². The Kier molecular flexibility index (Phi) is 6.96. The number of hydrogen-bond donors (Lipinski definition) is 1. The standard InChI is InChI=1S/C22H21N5O2S2/c1-2-27-19(13-29-17-11-7-4-8-12-17)25-26-22(27)31-15-20(28)24-21-23-18(14-30-21)16-9-5-3-6-10-16/h3-12,14H,2,13,15H2,1H3,(H,23,24,28). The number of nitrogens with one attached hydrogen (secondary N) is 1. The number of hydrogen-bond acceptors (Lipinski definition) is 7. The summed E-state index contributed by atoms with van der Waals surface area (Å²) >= 11 is 2.75. The Morgan fingerprint density at radius 1 is 1.10 bits per heavy atom. The molecule has 0 spiro atoms. The van der Waals surface area contributed by atoms with Crippen LogP contribution in [0.15, 0.2) is 71.2 Å². The topological polar surface area (TPSA) is 81.9 Å². The van der Waals surface area contributed by atoms with E-state index in [0.717, 1.165) is 22.8 Å². The average molecular weight is 452 g/mol. The molecule has 0 saturated carbocycles. The Morgan fingerprint density at radius 2 is 1.84 bits per heavy atom. The Balaban J connectivity index is 1.32. The predicted octanol–water partition coefficient (Wildman–Crippen LogP) is 4.73. The molecule has 0 aliphatic rings. The van der Waals surface area contributed by atoms with E-state index >= 15 is 0 Å². The summed E-state index contributed by atoms with van der Waals surface area (Å²) in [5.41, 5.74) is 1.87. The first kappa shape index (κ1) is 21.1. The number of carbonyl (C=O) groups excluding carboxylic acids is 1. The first-order valence-electron chi connectivity index (χ1n) is 9.76. The summed E-state index contributed by atoms with van der Waals surface area (Å²) < 4.78 is 7.73. The van der Waals surface area contributed by atoms with E-state index in [4.69, 9.17) is 4.74 Å². The Hall–Kier alpha value is -3.17. The zero-order valence-corrected chi connectivity index (χ0v) is 18.5. The van der Waals surface area contributed by atoms with E-state index in [0.29, 0.717) is 23.4 Å². The van der Waals surface area contributed by atoms with Crippen molar-refractivity contribution in [1.82, 2.24) is 19.7 Å². The van der Waals surface area contributed by atoms with Crippen molar-refractivity contribution in [3.8, 4) is 17.0 Å². The molecular formula is C22H21N5O2S2. The van der Waals surface area contributed by atoms with E-state index in [2.05, 4.69) is 20.5 Å². The number of thioether (sulfide) groups is 1. The Morgan fingerprint density at radius 3 is 2.58 bits per heavy atom. The summed E-state index contributed by atoms with van der Waals surface area (Å²) in [5.74, 6) is 1.59. The summed E-state index contributed by atoms with van der Waals surface area (Å²) in [5, 5.41) is 14.5. The number of thiazole rings is 1. The molecule has 0 unspecified atom stereocenters. The molecule has 1 amide bonds. The normalized spacial score (nSPS) is 10.7. The predicted molar refractivity (Wildman–Crippen MR) is 123 cm³/mol. The number of ether oxygens (including phenoxy) is 1. The minimum absolute atomic E-state index is 0.133. The summed E-state index contributed by atoms with van der Waals surface area (Å²) in [4.78, 5) is 16.9. The monoisotopic (exact) mass is 451 g/mol. The van der Waals surface area contributed by atoms with Gasteiger partial charge in [0.15, 0.2) is 16.1 Å². The zero-order chi connectivity index (χ0) is 21.5. The molecule has 4 rings (SSSR count). The molecule has 4 aromatic rings. The SMILES string of the molecule is CCn1c(COc2ccccc2)nnc1SCC(=O)Nc1nc(-c2ccccc2)cs1. The maximum atomic E-state index is 12.4. The zero-order valence-electron chi connectivity index (χ0n) is 16.9. The molecule has 0 aliphatic heterocycles. The molecule has 2 aromatic carbocycles. The van der Waals surface area contributed by atoms with Crippen LogP contribution >= 0.6 is 23.1 Å². The van der Waals surface area contributed by atoms with Crippen molar-refractivity contribution in [3.05, 3.63) is 71.9 Å². The van der Waals surface area contributed by atoms with Crippen LogP contribution in [0.4, 0.5) is 5.13 Å². The molecule has 9 heteroatoms. The second kappa shape index (κ2) is 10.2. The van der Waals surface area contributed by atoms with E-state index in [1.165, 1.54) is 23.1 Å². The van der Waals surface area contributed by atoms with Crippen LogP contribution in [0, 0.1) is 0 Å². The minimum atomic E-state index is -0.133. The van der Waals surface area contributed by atoms with Gasteiger partial charge in [0, 0.05) is 17.5 Å². The highest BCUT2D eigenvalue weighted by molar-refractivity contribution is 7.99. The van der Waals surface area contributed by atoms with Crippen LogP contribution in [0.25, 0.3) is 11.3 Å². The van der Waals surface area contributed by atoms with Crippen molar-refractivity contribution >= 4 is 34.1 Å². The van der Waals surface area contributed by atoms with Crippen LogP contribution in [0.1, 0.15) is 12.7 Å². The van der Waals surface area contributed by atoms with Gasteiger partial charge in [-0.3, -0.25) is 4.79 Å². The summed E-state index contributed by atoms with van der Waals surface area (Å²) in [7, 11) is 0. The second-order valence-corrected chi connectivity index (χ2v) is 8.29. The van der Waals surface area contributed by atoms with Gasteiger partial charge in [0.05, 0.1) is 11.4 Å². The number of benzene rings is 2. The fourth-order valence-corrected chi connectivity index (χ4v) is 4.43. The van der Waals surface area contributed by atoms with E-state index in [1.54, 1.807) is 0 Å². The molecule has 1 N–H and O–H groups in total. The van der Waals surface area contributed by atoms with Gasteiger partial charge in [0.25, 0.3) is 0 Å². The first-order chi connectivity index (χ1) is 15.2. The number of para-hydroxylation sites is 1. The van der Waals surface area contributed by atoms with Gasteiger partial charge in [-0.1, -0.05) is 60.3 Å². The summed E-state index contributed by atoms with van der Waals surface area (Å²) in [6.45, 7) is 3.02. The van der Waals surface area contributed by atoms with Crippen LogP contribution in [-0.2, 0) is 17.9 Å². The fourth-order valence-electron chi connectivity index (χ4n) is 2.87. The third kappa shape index (κ3) is 5.50. The number of rotatable bonds is 9. The van der Waals surface area contributed by atoms with Gasteiger partial charge >= 0.3 is 0 Å². The summed E-state index contributed by atoms with van der Waals surface area (Å²) in [6, 6.07) is 19.5. The van der Waals surface area contributed by atoms with E-state index in [-0.39, 0.29) is 11.7 Å². The first-order valence-corrected chi connectivity index (χ1v) is 11.6. The van der Waals surface area contributed by atoms with Crippen LogP contribution in [0.2, 0.25) is 0 Å². The van der Waals surface area contributed by atoms with Gasteiger partial charge in [0.2, 0.25) is 5.91 Å². The number of aromatic nitrogens is 4. The number of amides is 1. The highest BCUT2D eigenvalue weighted by Gasteiger charge is 2.15. The van der Waals surface area contributed by atoms with Crippen LogP contribution < -0.4 is 10.1 Å². The van der Waals surface area contributed by atoms with Gasteiger partial charge < -0.3 is 14.6 Å². The molecule has 2 heterocycles. The minimum Gasteiger partial charge on any atom is -0.486 e. The second-order valence-electron chi connectivity index (χ2n) is 6.49. The highest BCUT2D eigenvalue weighted by atomic mass is 32.2. The van der Waals surface area contributed by atoms with E-state index in [1.807, 2.05) is 77.5 Å². The lowest BCUT2D eigenvalue weighted by atomic mass is 10.2. The van der Waals surface area contributed by atoms with Crippen molar-refractivity contribution < 1.29 is 9.53 Å². The molecule has 0 bridgehead atoms. The van der Waals surface area contributed by atoms with Crippen LogP contribution in [0.3, 0.4) is 0 Å². The van der Waals surface area contributed by atoms with E-state index < -0.39 is 0 Å².